The third-order valence-electron chi connectivity index (χ3n) is 9.55. The van der Waals surface area contributed by atoms with E-state index in [1.807, 2.05) is 13.8 Å². The number of ketones is 2. The number of hydrogen-bond donors (Lipinski definition) is 1. The first-order valence-corrected chi connectivity index (χ1v) is 10.3. The van der Waals surface area contributed by atoms with E-state index in [4.69, 9.17) is 0 Å². The molecular formula is C23H31FO3. The summed E-state index contributed by atoms with van der Waals surface area (Å²) >= 11 is 0. The zero-order valence-corrected chi connectivity index (χ0v) is 16.8. The minimum absolute atomic E-state index is 0.0409. The minimum Gasteiger partial charge on any atom is -0.389 e. The Balaban J connectivity index is 1.78. The number of aliphatic hydroxyl groups excluding tert-OH is 1. The normalized spacial score (nSPS) is 51.3. The molecule has 0 spiro atoms. The standard InChI is InChI=1S/C23H31FO3/c1-14-11-18-17-6-5-15-12-16(26)7-8-20(15,2)23(17,24)10-9-21(18,3)22(14,4)19(27)13-25/h7-8,12,14,17-18,25H,5-6,9-11,13H2,1-4H3/t14-,17+,18?,20+,21+,22-,23-/m1/s1. The summed E-state index contributed by atoms with van der Waals surface area (Å²) in [5.74, 6) is -0.0104. The van der Waals surface area contributed by atoms with E-state index in [1.165, 1.54) is 6.08 Å². The number of allylic oxidation sites excluding steroid dienone is 4. The van der Waals surface area contributed by atoms with Crippen LogP contribution in [0.25, 0.3) is 0 Å². The van der Waals surface area contributed by atoms with Gasteiger partial charge < -0.3 is 5.11 Å². The number of fused-ring (bicyclic) bond motifs is 5. The van der Waals surface area contributed by atoms with Gasteiger partial charge >= 0.3 is 0 Å². The highest BCUT2D eigenvalue weighted by Gasteiger charge is 2.71. The van der Waals surface area contributed by atoms with Crippen molar-refractivity contribution in [3.8, 4) is 0 Å². The third kappa shape index (κ3) is 2.06. The van der Waals surface area contributed by atoms with Gasteiger partial charge in [0.2, 0.25) is 0 Å². The molecule has 0 aromatic heterocycles. The lowest BCUT2D eigenvalue weighted by Crippen LogP contribution is -2.61. The minimum atomic E-state index is -1.38. The van der Waals surface area contributed by atoms with Crippen molar-refractivity contribution in [2.24, 2.45) is 34.0 Å². The Morgan fingerprint density at radius 3 is 2.63 bits per heavy atom. The molecule has 4 rings (SSSR count). The lowest BCUT2D eigenvalue weighted by Gasteiger charge is -2.61. The summed E-state index contributed by atoms with van der Waals surface area (Å²) in [7, 11) is 0. The van der Waals surface area contributed by atoms with Gasteiger partial charge in [0.05, 0.1) is 0 Å². The smallest absolute Gasteiger partial charge is 0.178 e. The first-order valence-electron chi connectivity index (χ1n) is 10.3. The average Bonchev–Trinajstić information content (AvgIpc) is 2.84. The van der Waals surface area contributed by atoms with Gasteiger partial charge in [-0.2, -0.15) is 0 Å². The number of hydrogen-bond acceptors (Lipinski definition) is 3. The van der Waals surface area contributed by atoms with Crippen molar-refractivity contribution in [1.82, 2.24) is 0 Å². The molecule has 1 unspecified atom stereocenters. The van der Waals surface area contributed by atoms with Crippen LogP contribution in [0.15, 0.2) is 23.8 Å². The SMILES string of the molecule is C[C@@H]1CC2[C@@H]3CCC4=CC(=O)C=C[C@]4(C)[C@@]3(F)CC[C@]2(C)[C@@]1(C)C(=O)CO. The zero-order valence-electron chi connectivity index (χ0n) is 16.8. The molecule has 4 aliphatic rings. The summed E-state index contributed by atoms with van der Waals surface area (Å²) < 4.78 is 16.8. The molecule has 4 aliphatic carbocycles. The number of carbonyl (C=O) groups is 2. The van der Waals surface area contributed by atoms with Crippen LogP contribution in [-0.2, 0) is 9.59 Å². The first-order chi connectivity index (χ1) is 12.5. The van der Waals surface area contributed by atoms with E-state index in [0.717, 1.165) is 24.8 Å². The molecule has 0 aromatic rings. The second kappa shape index (κ2) is 5.62. The summed E-state index contributed by atoms with van der Waals surface area (Å²) in [6.45, 7) is 7.75. The molecule has 0 amide bonds. The Morgan fingerprint density at radius 1 is 1.26 bits per heavy atom. The van der Waals surface area contributed by atoms with Crippen LogP contribution in [-0.4, -0.2) is 28.9 Å². The van der Waals surface area contributed by atoms with Gasteiger partial charge in [-0.3, -0.25) is 9.59 Å². The first kappa shape index (κ1) is 19.0. The van der Waals surface area contributed by atoms with E-state index in [1.54, 1.807) is 12.2 Å². The Morgan fingerprint density at radius 2 is 1.96 bits per heavy atom. The highest BCUT2D eigenvalue weighted by atomic mass is 19.1. The molecule has 3 nitrogen and oxygen atoms in total. The van der Waals surface area contributed by atoms with Crippen LogP contribution in [0, 0.1) is 34.0 Å². The quantitative estimate of drug-likeness (QED) is 0.788. The average molecular weight is 374 g/mol. The van der Waals surface area contributed by atoms with Crippen LogP contribution >= 0.6 is 0 Å². The molecule has 3 fully saturated rings. The van der Waals surface area contributed by atoms with Crippen LogP contribution in [0.3, 0.4) is 0 Å². The molecule has 0 saturated heterocycles. The monoisotopic (exact) mass is 374 g/mol. The number of Topliss-reactive ketones (excluding diaryl/α,β-unsaturated/α-hetero) is 1. The van der Waals surface area contributed by atoms with E-state index in [0.29, 0.717) is 12.8 Å². The molecule has 7 atom stereocenters. The van der Waals surface area contributed by atoms with E-state index in [2.05, 4.69) is 13.8 Å². The Kier molecular flexibility index (Phi) is 3.97. The number of halogens is 1. The summed E-state index contributed by atoms with van der Waals surface area (Å²) in [4.78, 5) is 24.6. The molecule has 0 heterocycles. The topological polar surface area (TPSA) is 54.4 Å². The molecule has 0 aromatic carbocycles. The van der Waals surface area contributed by atoms with Crippen molar-refractivity contribution in [2.75, 3.05) is 6.61 Å². The third-order valence-corrected chi connectivity index (χ3v) is 9.55. The fourth-order valence-electron chi connectivity index (χ4n) is 7.43. The molecule has 0 bridgehead atoms. The molecule has 0 aliphatic heterocycles. The lowest BCUT2D eigenvalue weighted by atomic mass is 9.44. The van der Waals surface area contributed by atoms with Crippen LogP contribution in [0.2, 0.25) is 0 Å². The Labute approximate surface area is 161 Å². The summed E-state index contributed by atoms with van der Waals surface area (Å²) in [5.41, 5.74) is -2.08. The van der Waals surface area contributed by atoms with Crippen molar-refractivity contribution in [1.29, 1.82) is 0 Å². The van der Waals surface area contributed by atoms with Gasteiger partial charge in [0, 0.05) is 10.8 Å². The van der Waals surface area contributed by atoms with Gasteiger partial charge in [-0.1, -0.05) is 32.4 Å². The van der Waals surface area contributed by atoms with Gasteiger partial charge in [-0.15, -0.1) is 0 Å². The zero-order chi connectivity index (χ0) is 19.8. The van der Waals surface area contributed by atoms with Crippen LogP contribution < -0.4 is 0 Å². The number of rotatable bonds is 2. The molecule has 3 saturated carbocycles. The van der Waals surface area contributed by atoms with Gasteiger partial charge in [0.1, 0.15) is 12.3 Å². The number of alkyl halides is 1. The van der Waals surface area contributed by atoms with Gasteiger partial charge in [0.15, 0.2) is 11.6 Å². The van der Waals surface area contributed by atoms with Crippen molar-refractivity contribution >= 4 is 11.6 Å². The summed E-state index contributed by atoms with van der Waals surface area (Å²) in [5, 5.41) is 9.61. The predicted octanol–water partition coefficient (Wildman–Crippen LogP) is 4.20. The highest BCUT2D eigenvalue weighted by molar-refractivity contribution is 6.01. The molecule has 4 heteroatoms. The van der Waals surface area contributed by atoms with E-state index in [-0.39, 0.29) is 34.7 Å². The molecular weight excluding hydrogens is 343 g/mol. The van der Waals surface area contributed by atoms with Crippen molar-refractivity contribution in [3.05, 3.63) is 23.8 Å². The maximum absolute atomic E-state index is 16.8. The number of carbonyl (C=O) groups excluding carboxylic acids is 2. The predicted molar refractivity (Wildman–Crippen MR) is 102 cm³/mol. The fourth-order valence-corrected chi connectivity index (χ4v) is 7.43. The molecule has 27 heavy (non-hydrogen) atoms. The Bertz CT molecular complexity index is 770. The Hall–Kier alpha value is -1.29. The second-order valence-corrected chi connectivity index (χ2v) is 10.1. The fraction of sp³-hybridized carbons (Fsp3) is 0.739. The van der Waals surface area contributed by atoms with Crippen LogP contribution in [0.5, 0.6) is 0 Å². The molecule has 0 radical (unpaired) electrons. The van der Waals surface area contributed by atoms with Crippen molar-refractivity contribution in [3.63, 3.8) is 0 Å². The maximum Gasteiger partial charge on any atom is 0.178 e. The van der Waals surface area contributed by atoms with Crippen molar-refractivity contribution < 1.29 is 19.1 Å². The van der Waals surface area contributed by atoms with E-state index < -0.39 is 23.1 Å². The van der Waals surface area contributed by atoms with Gasteiger partial charge in [-0.05, 0) is 74.3 Å². The summed E-state index contributed by atoms with van der Waals surface area (Å²) in [6, 6.07) is 0. The van der Waals surface area contributed by atoms with Gasteiger partial charge in [-0.25, -0.2) is 4.39 Å². The number of aliphatic hydroxyl groups is 1. The largest absolute Gasteiger partial charge is 0.389 e. The second-order valence-electron chi connectivity index (χ2n) is 10.1. The van der Waals surface area contributed by atoms with Crippen LogP contribution in [0.1, 0.15) is 59.8 Å². The summed E-state index contributed by atoms with van der Waals surface area (Å²) in [6.07, 6.45) is 8.31. The van der Waals surface area contributed by atoms with Crippen LogP contribution in [0.4, 0.5) is 4.39 Å². The van der Waals surface area contributed by atoms with E-state index in [9.17, 15) is 14.7 Å². The maximum atomic E-state index is 16.8. The lowest BCUT2D eigenvalue weighted by molar-refractivity contribution is -0.159. The van der Waals surface area contributed by atoms with E-state index >= 15 is 4.39 Å². The van der Waals surface area contributed by atoms with Crippen molar-refractivity contribution in [2.45, 2.75) is 65.5 Å². The molecule has 148 valence electrons. The highest BCUT2D eigenvalue weighted by Crippen LogP contribution is 2.72. The van der Waals surface area contributed by atoms with Gasteiger partial charge in [0.25, 0.3) is 0 Å². The molecule has 1 N–H and O–H groups in total.